The van der Waals surface area contributed by atoms with Crippen molar-refractivity contribution in [1.29, 1.82) is 0 Å². The van der Waals surface area contributed by atoms with Gasteiger partial charge >= 0.3 is 5.97 Å². The van der Waals surface area contributed by atoms with Crippen molar-refractivity contribution in [2.75, 3.05) is 26.6 Å². The molecule has 0 aliphatic rings. The first-order valence-corrected chi connectivity index (χ1v) is 12.2. The zero-order chi connectivity index (χ0) is 25.5. The first-order chi connectivity index (χ1) is 16.7. The number of esters is 1. The smallest absolute Gasteiger partial charge is 0.316 e. The van der Waals surface area contributed by atoms with Crippen LogP contribution in [-0.2, 0) is 22.5 Å². The molecule has 0 saturated carbocycles. The lowest BCUT2D eigenvalue weighted by atomic mass is 10.1. The molecule has 0 amide bonds. The summed E-state index contributed by atoms with van der Waals surface area (Å²) in [6.07, 6.45) is 0.761. The van der Waals surface area contributed by atoms with E-state index in [-0.39, 0.29) is 18.1 Å². The Bertz CT molecular complexity index is 1200. The summed E-state index contributed by atoms with van der Waals surface area (Å²) in [4.78, 5) is 33.5. The summed E-state index contributed by atoms with van der Waals surface area (Å²) >= 11 is 1.19. The Morgan fingerprint density at radius 2 is 1.63 bits per heavy atom. The van der Waals surface area contributed by atoms with Gasteiger partial charge in [0, 0.05) is 34.9 Å². The fourth-order valence-electron chi connectivity index (χ4n) is 3.85. The van der Waals surface area contributed by atoms with Gasteiger partial charge in [-0.2, -0.15) is 0 Å². The molecule has 0 N–H and O–H groups in total. The van der Waals surface area contributed by atoms with Gasteiger partial charge < -0.3 is 18.8 Å². The molecule has 2 heterocycles. The summed E-state index contributed by atoms with van der Waals surface area (Å²) < 4.78 is 18.0. The number of rotatable bonds is 11. The maximum absolute atomic E-state index is 12.8. The highest BCUT2D eigenvalue weighted by atomic mass is 32.2. The number of carbonyl (C=O) groups excluding carboxylic acids is 2. The fraction of sp³-hybridized carbons (Fsp3) is 0.385. The number of thioether (sulfide) groups is 1. The number of methoxy groups -OCH3 is 2. The van der Waals surface area contributed by atoms with E-state index in [2.05, 4.69) is 14.5 Å². The maximum atomic E-state index is 12.8. The normalized spacial score (nSPS) is 10.8. The average Bonchev–Trinajstić information content (AvgIpc) is 3.12. The molecule has 2 aromatic heterocycles. The lowest BCUT2D eigenvalue weighted by Crippen LogP contribution is -2.16. The minimum absolute atomic E-state index is 0.0422. The topological polar surface area (TPSA) is 92.5 Å². The molecule has 186 valence electrons. The highest BCUT2D eigenvalue weighted by Crippen LogP contribution is 2.28. The van der Waals surface area contributed by atoms with Crippen molar-refractivity contribution in [3.63, 3.8) is 0 Å². The number of benzene rings is 1. The molecule has 0 spiro atoms. The van der Waals surface area contributed by atoms with E-state index in [1.54, 1.807) is 14.2 Å². The number of hydrogen-bond acceptors (Lipinski definition) is 8. The third-order valence-electron chi connectivity index (χ3n) is 5.59. The van der Waals surface area contributed by atoms with E-state index in [9.17, 15) is 9.59 Å². The number of aryl methyl sites for hydroxylation is 4. The van der Waals surface area contributed by atoms with Crippen LogP contribution in [0.3, 0.4) is 0 Å². The second-order valence-electron chi connectivity index (χ2n) is 8.18. The maximum Gasteiger partial charge on any atom is 0.316 e. The molecule has 0 aliphatic carbocycles. The molecule has 0 atom stereocenters. The summed E-state index contributed by atoms with van der Waals surface area (Å²) in [6.45, 7) is 8.02. The number of ether oxygens (including phenoxy) is 3. The van der Waals surface area contributed by atoms with Crippen LogP contribution in [0.25, 0.3) is 0 Å². The van der Waals surface area contributed by atoms with Crippen molar-refractivity contribution >= 4 is 23.5 Å². The van der Waals surface area contributed by atoms with Crippen LogP contribution in [0.5, 0.6) is 11.5 Å². The summed E-state index contributed by atoms with van der Waals surface area (Å²) in [5, 5.41) is 0.517. The second-order valence-corrected chi connectivity index (χ2v) is 9.12. The molecule has 35 heavy (non-hydrogen) atoms. The largest absolute Gasteiger partial charge is 0.493 e. The van der Waals surface area contributed by atoms with Crippen LogP contribution >= 0.6 is 11.8 Å². The molecule has 0 saturated heterocycles. The third-order valence-corrected chi connectivity index (χ3v) is 6.41. The van der Waals surface area contributed by atoms with Crippen LogP contribution in [0, 0.1) is 27.7 Å². The molecule has 0 fully saturated rings. The molecule has 3 aromatic rings. The van der Waals surface area contributed by atoms with Gasteiger partial charge in [0.15, 0.2) is 23.3 Å². The monoisotopic (exact) mass is 497 g/mol. The third kappa shape index (κ3) is 6.85. The Morgan fingerprint density at radius 1 is 0.943 bits per heavy atom. The quantitative estimate of drug-likeness (QED) is 0.168. The molecule has 0 bridgehead atoms. The Labute approximate surface area is 210 Å². The average molecular weight is 498 g/mol. The van der Waals surface area contributed by atoms with Crippen LogP contribution in [0.1, 0.15) is 38.7 Å². The fourth-order valence-corrected chi connectivity index (χ4v) is 4.60. The SMILES string of the molecule is COc1ccc(CCn2c(C)cc(C(=O)COC(=O)CSc3nc(C)cc(C)n3)c2C)cc1OC. The molecule has 0 radical (unpaired) electrons. The van der Waals surface area contributed by atoms with Crippen LogP contribution in [0.2, 0.25) is 0 Å². The Kier molecular flexibility index (Phi) is 8.92. The standard InChI is InChI=1S/C26H31N3O5S/c1-16-11-17(2)28-26(27-16)35-15-25(31)34-14-22(30)21-12-18(3)29(19(21)4)10-9-20-7-8-23(32-5)24(13-20)33-6/h7-8,11-13H,9-10,14-15H2,1-6H3. The minimum atomic E-state index is -0.478. The molecular formula is C26H31N3O5S. The predicted octanol–water partition coefficient (Wildman–Crippen LogP) is 4.29. The van der Waals surface area contributed by atoms with Gasteiger partial charge in [-0.15, -0.1) is 0 Å². The minimum Gasteiger partial charge on any atom is -0.493 e. The molecule has 0 unspecified atom stereocenters. The first kappa shape index (κ1) is 26.3. The zero-order valence-corrected chi connectivity index (χ0v) is 21.8. The molecule has 1 aromatic carbocycles. The van der Waals surface area contributed by atoms with Gasteiger partial charge in [0.25, 0.3) is 0 Å². The van der Waals surface area contributed by atoms with Gasteiger partial charge in [-0.1, -0.05) is 17.8 Å². The number of Topliss-reactive ketones (excluding diaryl/α,β-unsaturated/α-hetero) is 1. The van der Waals surface area contributed by atoms with Gasteiger partial charge in [0.2, 0.25) is 5.78 Å². The van der Waals surface area contributed by atoms with E-state index >= 15 is 0 Å². The summed E-state index contributed by atoms with van der Waals surface area (Å²) in [6, 6.07) is 9.56. The summed E-state index contributed by atoms with van der Waals surface area (Å²) in [5.41, 5.74) is 5.16. The Balaban J connectivity index is 1.56. The van der Waals surface area contributed by atoms with E-state index in [1.165, 1.54) is 11.8 Å². The second kappa shape index (κ2) is 11.9. The van der Waals surface area contributed by atoms with Crippen molar-refractivity contribution < 1.29 is 23.8 Å². The molecular weight excluding hydrogens is 466 g/mol. The summed E-state index contributed by atoms with van der Waals surface area (Å²) in [7, 11) is 3.22. The number of ketones is 1. The van der Waals surface area contributed by atoms with E-state index in [0.717, 1.165) is 34.8 Å². The van der Waals surface area contributed by atoms with Crippen LogP contribution < -0.4 is 9.47 Å². The van der Waals surface area contributed by atoms with Crippen molar-refractivity contribution in [2.24, 2.45) is 0 Å². The highest BCUT2D eigenvalue weighted by Gasteiger charge is 2.18. The van der Waals surface area contributed by atoms with E-state index < -0.39 is 5.97 Å². The van der Waals surface area contributed by atoms with Crippen molar-refractivity contribution in [1.82, 2.24) is 14.5 Å². The molecule has 8 nitrogen and oxygen atoms in total. The predicted molar refractivity (Wildman–Crippen MR) is 135 cm³/mol. The lowest BCUT2D eigenvalue weighted by molar-refractivity contribution is -0.139. The summed E-state index contributed by atoms with van der Waals surface area (Å²) in [5.74, 6) is 0.711. The van der Waals surface area contributed by atoms with E-state index in [1.807, 2.05) is 58.0 Å². The Morgan fingerprint density at radius 3 is 2.29 bits per heavy atom. The van der Waals surface area contributed by atoms with E-state index in [0.29, 0.717) is 28.8 Å². The zero-order valence-electron chi connectivity index (χ0n) is 21.0. The molecule has 9 heteroatoms. The Hall–Kier alpha value is -3.33. The number of nitrogens with zero attached hydrogens (tertiary/aromatic N) is 3. The number of aromatic nitrogens is 3. The molecule has 3 rings (SSSR count). The van der Waals surface area contributed by atoms with Crippen molar-refractivity contribution in [3.8, 4) is 11.5 Å². The number of carbonyl (C=O) groups is 2. The van der Waals surface area contributed by atoms with Gasteiger partial charge in [0.05, 0.1) is 20.0 Å². The van der Waals surface area contributed by atoms with Crippen LogP contribution in [0.4, 0.5) is 0 Å². The lowest BCUT2D eigenvalue weighted by Gasteiger charge is -2.12. The van der Waals surface area contributed by atoms with Crippen molar-refractivity contribution in [2.45, 2.75) is 45.8 Å². The number of hydrogen-bond donors (Lipinski definition) is 0. The van der Waals surface area contributed by atoms with Crippen LogP contribution in [0.15, 0.2) is 35.5 Å². The van der Waals surface area contributed by atoms with E-state index in [4.69, 9.17) is 14.2 Å². The van der Waals surface area contributed by atoms with Gasteiger partial charge in [-0.05, 0) is 63.9 Å². The first-order valence-electron chi connectivity index (χ1n) is 11.2. The highest BCUT2D eigenvalue weighted by molar-refractivity contribution is 7.99. The van der Waals surface area contributed by atoms with Crippen molar-refractivity contribution in [3.05, 3.63) is 64.2 Å². The molecule has 0 aliphatic heterocycles. The van der Waals surface area contributed by atoms with Crippen LogP contribution in [-0.4, -0.2) is 52.9 Å². The van der Waals surface area contributed by atoms with Gasteiger partial charge in [-0.25, -0.2) is 9.97 Å². The van der Waals surface area contributed by atoms with Gasteiger partial charge in [-0.3, -0.25) is 9.59 Å². The van der Waals surface area contributed by atoms with Gasteiger partial charge in [0.1, 0.15) is 0 Å².